The highest BCUT2D eigenvalue weighted by Crippen LogP contribution is 2.60. The molecule has 0 spiro atoms. The second-order valence-electron chi connectivity index (χ2n) is 4.79. The van der Waals surface area contributed by atoms with Crippen molar-refractivity contribution in [1.29, 1.82) is 0 Å². The highest BCUT2D eigenvalue weighted by atomic mass is 19.4. The number of carbonyl (C=O) groups excluding carboxylic acids is 1. The summed E-state index contributed by atoms with van der Waals surface area (Å²) in [6.45, 7) is 0.228. The Hall–Kier alpha value is -1.77. The molecule has 0 aromatic heterocycles. The average Bonchev–Trinajstić information content (AvgIpc) is 2.44. The van der Waals surface area contributed by atoms with Gasteiger partial charge in [0.15, 0.2) is 0 Å². The third-order valence-electron chi connectivity index (χ3n) is 2.87. The van der Waals surface area contributed by atoms with Gasteiger partial charge >= 0.3 is 41.8 Å². The number of carbonyl (C=O) groups is 1. The minimum absolute atomic E-state index is 1.97. The molecule has 0 aliphatic rings. The quantitative estimate of drug-likeness (QED) is 0.299. The maximum Gasteiger partial charge on any atom is 0.460 e. The van der Waals surface area contributed by atoms with Gasteiger partial charge in [-0.15, -0.1) is 0 Å². The molecule has 0 rings (SSSR count). The molecule has 0 atom stereocenters. The standard InChI is InChI=1S/C11H6F14O2/c1-4(12)5(26)27-3-2-6(13,14)7(15,16)8(17,18)9(19,20)10(21,22)11(23,24)25/h1-3H2. The minimum Gasteiger partial charge on any atom is -0.460 e. The molecule has 16 heteroatoms. The van der Waals surface area contributed by atoms with Gasteiger partial charge in [0, 0.05) is 0 Å². The fourth-order valence-electron chi connectivity index (χ4n) is 1.31. The lowest BCUT2D eigenvalue weighted by atomic mass is 9.93. The monoisotopic (exact) mass is 436 g/mol. The topological polar surface area (TPSA) is 26.3 Å². The number of esters is 1. The lowest BCUT2D eigenvalue weighted by Crippen LogP contribution is -2.70. The van der Waals surface area contributed by atoms with Gasteiger partial charge in [-0.3, -0.25) is 0 Å². The number of rotatable bonds is 8. The molecule has 0 bridgehead atoms. The van der Waals surface area contributed by atoms with Crippen molar-refractivity contribution in [1.82, 2.24) is 0 Å². The molecule has 160 valence electrons. The minimum atomic E-state index is -8.00. The van der Waals surface area contributed by atoms with Crippen molar-refractivity contribution in [2.45, 2.75) is 42.2 Å². The summed E-state index contributed by atoms with van der Waals surface area (Å²) >= 11 is 0. The highest BCUT2D eigenvalue weighted by Gasteiger charge is 2.90. The summed E-state index contributed by atoms with van der Waals surface area (Å²) in [4.78, 5) is 10.5. The lowest BCUT2D eigenvalue weighted by Gasteiger charge is -2.39. The van der Waals surface area contributed by atoms with Crippen molar-refractivity contribution in [2.75, 3.05) is 6.61 Å². The van der Waals surface area contributed by atoms with E-state index in [0.29, 0.717) is 0 Å². The largest absolute Gasteiger partial charge is 0.460 e. The van der Waals surface area contributed by atoms with E-state index < -0.39 is 60.6 Å². The fourth-order valence-corrected chi connectivity index (χ4v) is 1.31. The van der Waals surface area contributed by atoms with Gasteiger partial charge in [0.05, 0.1) is 13.0 Å². The van der Waals surface area contributed by atoms with E-state index in [-0.39, 0.29) is 0 Å². The Labute approximate surface area is 139 Å². The van der Waals surface area contributed by atoms with Crippen molar-refractivity contribution >= 4 is 5.97 Å². The Bertz CT molecular complexity index is 576. The van der Waals surface area contributed by atoms with Crippen LogP contribution >= 0.6 is 0 Å². The van der Waals surface area contributed by atoms with E-state index in [2.05, 4.69) is 11.3 Å². The van der Waals surface area contributed by atoms with E-state index in [1.54, 1.807) is 0 Å². The molecule has 0 saturated heterocycles. The Kier molecular flexibility index (Phi) is 6.54. The summed E-state index contributed by atoms with van der Waals surface area (Å²) in [6, 6.07) is 0. The third-order valence-corrected chi connectivity index (χ3v) is 2.87. The molecule has 0 saturated carbocycles. The molecule has 2 nitrogen and oxygen atoms in total. The number of hydrogen-bond acceptors (Lipinski definition) is 2. The van der Waals surface area contributed by atoms with Crippen LogP contribution in [0.1, 0.15) is 6.42 Å². The van der Waals surface area contributed by atoms with E-state index in [0.717, 1.165) is 0 Å². The summed E-state index contributed by atoms with van der Waals surface area (Å²) in [7, 11) is 0. The predicted molar refractivity (Wildman–Crippen MR) is 56.6 cm³/mol. The Balaban J connectivity index is 5.80. The predicted octanol–water partition coefficient (Wildman–Crippen LogP) is 5.14. The molecule has 0 aliphatic heterocycles. The van der Waals surface area contributed by atoms with Crippen LogP contribution in [0, 0.1) is 0 Å². The van der Waals surface area contributed by atoms with Gasteiger partial charge in [0.1, 0.15) is 0 Å². The first-order valence-electron chi connectivity index (χ1n) is 6.05. The number of ether oxygens (including phenoxy) is 1. The molecule has 0 unspecified atom stereocenters. The van der Waals surface area contributed by atoms with Crippen LogP contribution < -0.4 is 0 Å². The molecule has 0 N–H and O–H groups in total. The van der Waals surface area contributed by atoms with Crippen molar-refractivity contribution in [3.05, 3.63) is 12.4 Å². The molecule has 0 aliphatic carbocycles. The molecule has 0 amide bonds. The smallest absolute Gasteiger partial charge is 0.460 e. The van der Waals surface area contributed by atoms with E-state index >= 15 is 0 Å². The van der Waals surface area contributed by atoms with Gasteiger partial charge in [-0.2, -0.15) is 61.5 Å². The van der Waals surface area contributed by atoms with E-state index in [1.807, 2.05) is 0 Å². The summed E-state index contributed by atoms with van der Waals surface area (Å²) in [5.74, 6) is -41.7. The summed E-state index contributed by atoms with van der Waals surface area (Å²) in [6.07, 6.45) is -10.3. The molecular formula is C11H6F14O2. The highest BCUT2D eigenvalue weighted by molar-refractivity contribution is 5.85. The maximum atomic E-state index is 13.2. The summed E-state index contributed by atoms with van der Waals surface area (Å²) < 4.78 is 181. The summed E-state index contributed by atoms with van der Waals surface area (Å²) in [5, 5.41) is 0. The first-order valence-corrected chi connectivity index (χ1v) is 6.05. The van der Waals surface area contributed by atoms with Crippen LogP contribution in [0.5, 0.6) is 0 Å². The normalized spacial score (nSPS) is 14.9. The van der Waals surface area contributed by atoms with Gasteiger partial charge < -0.3 is 4.74 Å². The van der Waals surface area contributed by atoms with Gasteiger partial charge in [-0.05, 0) is 0 Å². The molecular weight excluding hydrogens is 430 g/mol. The molecule has 0 heterocycles. The third kappa shape index (κ3) is 4.07. The van der Waals surface area contributed by atoms with Gasteiger partial charge in [-0.1, -0.05) is 6.58 Å². The second kappa shape index (κ2) is 7.00. The first-order chi connectivity index (χ1) is 11.6. The van der Waals surface area contributed by atoms with Crippen LogP contribution in [0.15, 0.2) is 12.4 Å². The molecule has 0 aromatic carbocycles. The SMILES string of the molecule is C=C(F)C(=O)OCCC(F)(F)C(F)(F)C(F)(F)C(F)(F)C(F)(F)C(F)(F)F. The van der Waals surface area contributed by atoms with Crippen molar-refractivity contribution in [2.24, 2.45) is 0 Å². The van der Waals surface area contributed by atoms with Crippen LogP contribution in [0.4, 0.5) is 61.5 Å². The molecule has 0 fully saturated rings. The molecule has 0 aromatic rings. The van der Waals surface area contributed by atoms with Crippen molar-refractivity contribution in [3.63, 3.8) is 0 Å². The van der Waals surface area contributed by atoms with Crippen LogP contribution in [0.3, 0.4) is 0 Å². The van der Waals surface area contributed by atoms with Gasteiger partial charge in [0.25, 0.3) is 0 Å². The number of halogens is 14. The average molecular weight is 436 g/mol. The fraction of sp³-hybridized carbons (Fsp3) is 0.727. The van der Waals surface area contributed by atoms with Crippen molar-refractivity contribution < 1.29 is 71.0 Å². The van der Waals surface area contributed by atoms with Crippen molar-refractivity contribution in [3.8, 4) is 0 Å². The van der Waals surface area contributed by atoms with Crippen LogP contribution in [-0.2, 0) is 9.53 Å². The zero-order valence-corrected chi connectivity index (χ0v) is 12.2. The lowest BCUT2D eigenvalue weighted by molar-refractivity contribution is -0.440. The van der Waals surface area contributed by atoms with E-state index in [4.69, 9.17) is 0 Å². The van der Waals surface area contributed by atoms with Crippen LogP contribution in [0.25, 0.3) is 0 Å². The zero-order chi connectivity index (χ0) is 22.3. The van der Waals surface area contributed by atoms with E-state index in [1.165, 1.54) is 0 Å². The van der Waals surface area contributed by atoms with Crippen LogP contribution in [0.2, 0.25) is 0 Å². The number of hydrogen-bond donors (Lipinski definition) is 0. The zero-order valence-electron chi connectivity index (χ0n) is 12.2. The van der Waals surface area contributed by atoms with Gasteiger partial charge in [-0.25, -0.2) is 4.79 Å². The van der Waals surface area contributed by atoms with E-state index in [9.17, 15) is 66.3 Å². The second-order valence-corrected chi connectivity index (χ2v) is 4.79. The molecule has 27 heavy (non-hydrogen) atoms. The first kappa shape index (κ1) is 25.2. The Morgan fingerprint density at radius 1 is 0.704 bits per heavy atom. The Morgan fingerprint density at radius 2 is 1.07 bits per heavy atom. The molecule has 0 radical (unpaired) electrons. The number of alkyl halides is 13. The van der Waals surface area contributed by atoms with Crippen LogP contribution in [-0.4, -0.2) is 48.4 Å². The van der Waals surface area contributed by atoms with Gasteiger partial charge in [0.2, 0.25) is 5.83 Å². The maximum absolute atomic E-state index is 13.2. The Morgan fingerprint density at radius 3 is 1.41 bits per heavy atom. The summed E-state index contributed by atoms with van der Waals surface area (Å²) in [5.41, 5.74) is 0.